The van der Waals surface area contributed by atoms with Crippen LogP contribution in [0.2, 0.25) is 0 Å². The molecule has 0 aliphatic carbocycles. The van der Waals surface area contributed by atoms with E-state index in [2.05, 4.69) is 10.3 Å². The van der Waals surface area contributed by atoms with Crippen LogP contribution >= 0.6 is 23.1 Å². The van der Waals surface area contributed by atoms with Gasteiger partial charge in [-0.05, 0) is 55.0 Å². The fourth-order valence-electron chi connectivity index (χ4n) is 3.20. The van der Waals surface area contributed by atoms with Crippen molar-refractivity contribution in [2.24, 2.45) is 0 Å². The number of hydrogen-bond acceptors (Lipinski definition) is 6. The number of rotatable bonds is 6. The average molecular weight is 434 g/mol. The Labute approximate surface area is 175 Å². The lowest BCUT2D eigenvalue weighted by Gasteiger charge is -2.14. The van der Waals surface area contributed by atoms with Crippen molar-refractivity contribution in [3.63, 3.8) is 0 Å². The van der Waals surface area contributed by atoms with Crippen molar-refractivity contribution < 1.29 is 13.9 Å². The predicted octanol–water partition coefficient (Wildman–Crippen LogP) is 3.28. The molecule has 1 amide bonds. The minimum absolute atomic E-state index is 0.0737. The highest BCUT2D eigenvalue weighted by atomic mass is 32.2. The van der Waals surface area contributed by atoms with E-state index < -0.39 is 0 Å². The number of nitrogens with one attached hydrogen (secondary N) is 1. The molecule has 0 radical (unpaired) electrons. The highest BCUT2D eigenvalue weighted by Gasteiger charge is 2.18. The molecule has 0 bridgehead atoms. The maximum Gasteiger partial charge on any atom is 0.276 e. The third kappa shape index (κ3) is 4.36. The van der Waals surface area contributed by atoms with Crippen LogP contribution in [-0.2, 0) is 9.53 Å². The number of thiophene rings is 1. The van der Waals surface area contributed by atoms with Gasteiger partial charge in [0.05, 0.1) is 23.1 Å². The summed E-state index contributed by atoms with van der Waals surface area (Å²) in [5.41, 5.74) is 1.33. The second-order valence-electron chi connectivity index (χ2n) is 6.83. The largest absolute Gasteiger partial charge is 0.376 e. The molecule has 3 aromatic rings. The molecule has 152 valence electrons. The highest BCUT2D eigenvalue weighted by molar-refractivity contribution is 7.99. The molecular formula is C20H20FN3O3S2. The first-order chi connectivity index (χ1) is 14.0. The first kappa shape index (κ1) is 20.1. The van der Waals surface area contributed by atoms with E-state index in [1.807, 2.05) is 5.38 Å². The molecule has 2 aromatic heterocycles. The van der Waals surface area contributed by atoms with Crippen molar-refractivity contribution in [2.75, 3.05) is 18.9 Å². The summed E-state index contributed by atoms with van der Waals surface area (Å²) in [6, 6.07) is 6.27. The maximum atomic E-state index is 13.7. The monoisotopic (exact) mass is 433 g/mol. The Morgan fingerprint density at radius 2 is 2.31 bits per heavy atom. The van der Waals surface area contributed by atoms with Gasteiger partial charge in [-0.1, -0.05) is 11.8 Å². The number of amides is 1. The fourth-order valence-corrected chi connectivity index (χ4v) is 4.80. The van der Waals surface area contributed by atoms with Crippen LogP contribution < -0.4 is 10.9 Å². The molecule has 1 fully saturated rings. The van der Waals surface area contributed by atoms with Gasteiger partial charge in [0, 0.05) is 13.2 Å². The van der Waals surface area contributed by atoms with E-state index in [-0.39, 0.29) is 29.1 Å². The van der Waals surface area contributed by atoms with Crippen molar-refractivity contribution in [2.45, 2.75) is 31.0 Å². The van der Waals surface area contributed by atoms with E-state index >= 15 is 0 Å². The lowest BCUT2D eigenvalue weighted by molar-refractivity contribution is -0.119. The zero-order valence-electron chi connectivity index (χ0n) is 15.8. The normalized spacial score (nSPS) is 16.4. The molecule has 0 unspecified atom stereocenters. The minimum Gasteiger partial charge on any atom is -0.376 e. The molecule has 1 saturated heterocycles. The Balaban J connectivity index is 1.59. The molecule has 1 atom stereocenters. The summed E-state index contributed by atoms with van der Waals surface area (Å²) < 4.78 is 21.2. The van der Waals surface area contributed by atoms with E-state index in [1.54, 1.807) is 25.1 Å². The summed E-state index contributed by atoms with van der Waals surface area (Å²) in [5, 5.41) is 5.08. The first-order valence-corrected chi connectivity index (χ1v) is 11.2. The predicted molar refractivity (Wildman–Crippen MR) is 113 cm³/mol. The molecule has 3 heterocycles. The third-order valence-electron chi connectivity index (χ3n) is 4.73. The number of hydrogen-bond donors (Lipinski definition) is 1. The molecule has 0 spiro atoms. The van der Waals surface area contributed by atoms with Crippen molar-refractivity contribution in [1.29, 1.82) is 0 Å². The number of benzene rings is 1. The molecule has 1 N–H and O–H groups in total. The van der Waals surface area contributed by atoms with Crippen molar-refractivity contribution in [3.05, 3.63) is 51.4 Å². The summed E-state index contributed by atoms with van der Waals surface area (Å²) in [6.07, 6.45) is 2.04. The van der Waals surface area contributed by atoms with Crippen LogP contribution in [0.1, 0.15) is 18.4 Å². The minimum atomic E-state index is -0.338. The number of ether oxygens (including phenoxy) is 1. The van der Waals surface area contributed by atoms with Gasteiger partial charge >= 0.3 is 0 Å². The molecule has 1 aromatic carbocycles. The SMILES string of the molecule is Cc1cc(-n2c(SCC(=O)NC[C@@H]3CCCO3)nc3ccsc3c2=O)ccc1F. The zero-order chi connectivity index (χ0) is 20.4. The topological polar surface area (TPSA) is 73.2 Å². The summed E-state index contributed by atoms with van der Waals surface area (Å²) in [7, 11) is 0. The van der Waals surface area contributed by atoms with E-state index in [0.717, 1.165) is 19.4 Å². The van der Waals surface area contributed by atoms with Crippen LogP contribution in [0, 0.1) is 12.7 Å². The Hall–Kier alpha value is -2.23. The van der Waals surface area contributed by atoms with Crippen LogP contribution in [0.5, 0.6) is 0 Å². The van der Waals surface area contributed by atoms with Gasteiger partial charge in [0.25, 0.3) is 5.56 Å². The van der Waals surface area contributed by atoms with Gasteiger partial charge in [-0.2, -0.15) is 0 Å². The maximum absolute atomic E-state index is 13.7. The number of nitrogens with zero attached hydrogens (tertiary/aromatic N) is 2. The Morgan fingerprint density at radius 1 is 1.45 bits per heavy atom. The Bertz CT molecular complexity index is 1110. The number of aryl methyl sites for hydroxylation is 1. The van der Waals surface area contributed by atoms with Crippen molar-refractivity contribution >= 4 is 39.2 Å². The molecule has 29 heavy (non-hydrogen) atoms. The number of carbonyl (C=O) groups is 1. The van der Waals surface area contributed by atoms with Gasteiger partial charge in [0.1, 0.15) is 10.5 Å². The fraction of sp³-hybridized carbons (Fsp3) is 0.350. The van der Waals surface area contributed by atoms with E-state index in [0.29, 0.717) is 33.2 Å². The standard InChI is InChI=1S/C20H20FN3O3S2/c1-12-9-13(4-5-15(12)21)24-19(26)18-16(6-8-28-18)23-20(24)29-11-17(25)22-10-14-3-2-7-27-14/h4-6,8-9,14H,2-3,7,10-11H2,1H3,(H,22,25)/t14-/m0/s1. The molecule has 4 rings (SSSR count). The lowest BCUT2D eigenvalue weighted by Crippen LogP contribution is -2.33. The van der Waals surface area contributed by atoms with Gasteiger partial charge in [0.2, 0.25) is 5.91 Å². The van der Waals surface area contributed by atoms with E-state index in [9.17, 15) is 14.0 Å². The van der Waals surface area contributed by atoms with Crippen LogP contribution in [-0.4, -0.2) is 40.5 Å². The zero-order valence-corrected chi connectivity index (χ0v) is 17.4. The van der Waals surface area contributed by atoms with Crippen LogP contribution in [0.3, 0.4) is 0 Å². The second-order valence-corrected chi connectivity index (χ2v) is 8.69. The van der Waals surface area contributed by atoms with Gasteiger partial charge in [-0.25, -0.2) is 9.37 Å². The number of carbonyl (C=O) groups excluding carboxylic acids is 1. The quantitative estimate of drug-likeness (QED) is 0.477. The molecular weight excluding hydrogens is 413 g/mol. The van der Waals surface area contributed by atoms with Gasteiger partial charge in [-0.3, -0.25) is 14.2 Å². The van der Waals surface area contributed by atoms with Crippen LogP contribution in [0.4, 0.5) is 4.39 Å². The molecule has 1 aliphatic rings. The number of thioether (sulfide) groups is 1. The average Bonchev–Trinajstić information content (AvgIpc) is 3.39. The summed E-state index contributed by atoms with van der Waals surface area (Å²) in [5.74, 6) is -0.365. The van der Waals surface area contributed by atoms with E-state index in [4.69, 9.17) is 4.74 Å². The lowest BCUT2D eigenvalue weighted by atomic mass is 10.2. The third-order valence-corrected chi connectivity index (χ3v) is 6.56. The Kier molecular flexibility index (Phi) is 5.98. The van der Waals surface area contributed by atoms with Crippen molar-refractivity contribution in [3.8, 4) is 5.69 Å². The second kappa shape index (κ2) is 8.64. The number of halogens is 1. The number of aromatic nitrogens is 2. The number of fused-ring (bicyclic) bond motifs is 1. The first-order valence-electron chi connectivity index (χ1n) is 9.31. The smallest absolute Gasteiger partial charge is 0.276 e. The molecule has 1 aliphatic heterocycles. The summed E-state index contributed by atoms with van der Waals surface area (Å²) >= 11 is 2.50. The van der Waals surface area contributed by atoms with Gasteiger partial charge in [0.15, 0.2) is 5.16 Å². The Morgan fingerprint density at radius 3 is 3.07 bits per heavy atom. The van der Waals surface area contributed by atoms with E-state index in [1.165, 1.54) is 33.7 Å². The summed E-state index contributed by atoms with van der Waals surface area (Å²) in [6.45, 7) is 2.87. The highest BCUT2D eigenvalue weighted by Crippen LogP contribution is 2.24. The van der Waals surface area contributed by atoms with Crippen LogP contribution in [0.25, 0.3) is 15.9 Å². The van der Waals surface area contributed by atoms with Gasteiger partial charge < -0.3 is 10.1 Å². The van der Waals surface area contributed by atoms with Gasteiger partial charge in [-0.15, -0.1) is 11.3 Å². The molecule has 6 nitrogen and oxygen atoms in total. The molecule has 0 saturated carbocycles. The molecule has 9 heteroatoms. The van der Waals surface area contributed by atoms with Crippen LogP contribution in [0.15, 0.2) is 39.6 Å². The summed E-state index contributed by atoms with van der Waals surface area (Å²) in [4.78, 5) is 29.9. The van der Waals surface area contributed by atoms with Crippen molar-refractivity contribution in [1.82, 2.24) is 14.9 Å².